The van der Waals surface area contributed by atoms with Crippen molar-refractivity contribution in [2.45, 2.75) is 4.21 Å². The lowest BCUT2D eigenvalue weighted by molar-refractivity contribution is -0.146. The third-order valence-corrected chi connectivity index (χ3v) is 7.47. The molecule has 31 heavy (non-hydrogen) atoms. The number of benzene rings is 2. The van der Waals surface area contributed by atoms with Gasteiger partial charge in [0.2, 0.25) is 0 Å². The summed E-state index contributed by atoms with van der Waals surface area (Å²) in [5.41, 5.74) is 0.474. The highest BCUT2D eigenvalue weighted by Crippen LogP contribution is 2.26. The van der Waals surface area contributed by atoms with E-state index in [0.29, 0.717) is 22.2 Å². The highest BCUT2D eigenvalue weighted by Gasteiger charge is 2.22. The van der Waals surface area contributed by atoms with Crippen molar-refractivity contribution < 1.29 is 27.4 Å². The molecule has 0 spiro atoms. The zero-order valence-corrected chi connectivity index (χ0v) is 19.0. The van der Waals surface area contributed by atoms with Crippen molar-refractivity contribution in [3.8, 4) is 11.5 Å². The van der Waals surface area contributed by atoms with E-state index < -0.39 is 16.0 Å². The number of hydrogen-bond donors (Lipinski definition) is 0. The summed E-state index contributed by atoms with van der Waals surface area (Å²) in [4.78, 5) is 11.8. The summed E-state index contributed by atoms with van der Waals surface area (Å²) < 4.78 is 42.4. The zero-order chi connectivity index (χ0) is 22.3. The van der Waals surface area contributed by atoms with Gasteiger partial charge in [0.1, 0.15) is 28.9 Å². The number of ether oxygens (including phenoxy) is 3. The zero-order valence-electron chi connectivity index (χ0n) is 16.6. The minimum Gasteiger partial charge on any atom is -0.490 e. The van der Waals surface area contributed by atoms with Crippen LogP contribution in [-0.2, 0) is 19.6 Å². The first kappa shape index (κ1) is 22.9. The summed E-state index contributed by atoms with van der Waals surface area (Å²) in [5.74, 6) is 0.458. The fourth-order valence-corrected chi connectivity index (χ4v) is 5.03. The summed E-state index contributed by atoms with van der Waals surface area (Å²) in [5, 5.41) is 2.27. The van der Waals surface area contributed by atoms with Gasteiger partial charge in [0.05, 0.1) is 5.69 Å². The molecule has 7 nitrogen and oxygen atoms in total. The molecule has 0 aliphatic rings. The largest absolute Gasteiger partial charge is 0.490 e. The van der Waals surface area contributed by atoms with Crippen molar-refractivity contribution in [1.29, 1.82) is 0 Å². The summed E-state index contributed by atoms with van der Waals surface area (Å²) >= 11 is 7.02. The number of esters is 1. The molecule has 1 aromatic heterocycles. The lowest BCUT2D eigenvalue weighted by atomic mass is 10.3. The Balaban J connectivity index is 1.43. The standard InChI is InChI=1S/C21H20ClNO6S2/c1-23(31(25,26)21-6-3-13-30-21)17-7-9-18(10-8-17)29-15-20(24)28-12-11-27-19-5-2-4-16(22)14-19/h2-10,13-14H,11-12,15H2,1H3. The second-order valence-corrected chi connectivity index (χ2v) is 9.79. The average Bonchev–Trinajstić information content (AvgIpc) is 3.31. The predicted octanol–water partition coefficient (Wildman–Crippen LogP) is 4.23. The molecule has 0 unspecified atom stereocenters. The van der Waals surface area contributed by atoms with Crippen LogP contribution in [0.15, 0.2) is 70.3 Å². The molecule has 0 amide bonds. The molecule has 2 aromatic carbocycles. The molecule has 0 aliphatic heterocycles. The number of rotatable bonds is 10. The number of thiophene rings is 1. The van der Waals surface area contributed by atoms with E-state index in [1.54, 1.807) is 66.0 Å². The molecule has 0 radical (unpaired) electrons. The normalized spacial score (nSPS) is 11.0. The lowest BCUT2D eigenvalue weighted by Gasteiger charge is -2.18. The van der Waals surface area contributed by atoms with Crippen LogP contribution in [0.25, 0.3) is 0 Å². The molecule has 3 rings (SSSR count). The van der Waals surface area contributed by atoms with Gasteiger partial charge in [-0.15, -0.1) is 11.3 Å². The Hall–Kier alpha value is -2.75. The van der Waals surface area contributed by atoms with Gasteiger partial charge in [-0.3, -0.25) is 4.31 Å². The molecule has 0 N–H and O–H groups in total. The Morgan fingerprint density at radius 3 is 2.45 bits per heavy atom. The molecule has 0 atom stereocenters. The van der Waals surface area contributed by atoms with Crippen LogP contribution in [0, 0.1) is 0 Å². The Morgan fingerprint density at radius 2 is 1.77 bits per heavy atom. The Bertz CT molecular complexity index is 1100. The smallest absolute Gasteiger partial charge is 0.344 e. The Morgan fingerprint density at radius 1 is 1.00 bits per heavy atom. The van der Waals surface area contributed by atoms with Gasteiger partial charge in [-0.1, -0.05) is 23.7 Å². The van der Waals surface area contributed by atoms with Gasteiger partial charge in [-0.25, -0.2) is 13.2 Å². The van der Waals surface area contributed by atoms with E-state index in [2.05, 4.69) is 0 Å². The van der Waals surface area contributed by atoms with Gasteiger partial charge in [0.15, 0.2) is 6.61 Å². The van der Waals surface area contributed by atoms with E-state index in [-0.39, 0.29) is 24.0 Å². The maximum Gasteiger partial charge on any atom is 0.344 e. The van der Waals surface area contributed by atoms with Crippen LogP contribution in [0.2, 0.25) is 5.02 Å². The summed E-state index contributed by atoms with van der Waals surface area (Å²) in [6.07, 6.45) is 0. The number of carbonyl (C=O) groups excluding carboxylic acids is 1. The highest BCUT2D eigenvalue weighted by atomic mass is 35.5. The van der Waals surface area contributed by atoms with Gasteiger partial charge in [-0.2, -0.15) is 0 Å². The first-order valence-electron chi connectivity index (χ1n) is 9.15. The molecular weight excluding hydrogens is 462 g/mol. The van der Waals surface area contributed by atoms with Crippen LogP contribution >= 0.6 is 22.9 Å². The van der Waals surface area contributed by atoms with Crippen LogP contribution in [-0.4, -0.2) is 41.3 Å². The fraction of sp³-hybridized carbons (Fsp3) is 0.190. The summed E-state index contributed by atoms with van der Waals surface area (Å²) in [6.45, 7) is -0.0231. The molecule has 3 aromatic rings. The van der Waals surface area contributed by atoms with Crippen LogP contribution < -0.4 is 13.8 Å². The van der Waals surface area contributed by atoms with Crippen molar-refractivity contribution in [2.75, 3.05) is 31.2 Å². The fourth-order valence-electron chi connectivity index (χ4n) is 2.49. The monoisotopic (exact) mass is 481 g/mol. The van der Waals surface area contributed by atoms with Crippen molar-refractivity contribution in [1.82, 2.24) is 0 Å². The highest BCUT2D eigenvalue weighted by molar-refractivity contribution is 7.94. The van der Waals surface area contributed by atoms with Crippen molar-refractivity contribution >= 4 is 44.6 Å². The number of hydrogen-bond acceptors (Lipinski definition) is 7. The topological polar surface area (TPSA) is 82.1 Å². The van der Waals surface area contributed by atoms with E-state index in [4.69, 9.17) is 25.8 Å². The van der Waals surface area contributed by atoms with E-state index in [1.165, 1.54) is 11.4 Å². The SMILES string of the molecule is CN(c1ccc(OCC(=O)OCCOc2cccc(Cl)c2)cc1)S(=O)(=O)c1cccs1. The van der Waals surface area contributed by atoms with Gasteiger partial charge in [0.25, 0.3) is 10.0 Å². The molecule has 1 heterocycles. The van der Waals surface area contributed by atoms with E-state index >= 15 is 0 Å². The lowest BCUT2D eigenvalue weighted by Crippen LogP contribution is -2.25. The Kier molecular flexibility index (Phi) is 7.78. The maximum absolute atomic E-state index is 12.6. The second-order valence-electron chi connectivity index (χ2n) is 6.21. The quantitative estimate of drug-likeness (QED) is 0.318. The average molecular weight is 482 g/mol. The predicted molar refractivity (Wildman–Crippen MR) is 120 cm³/mol. The molecule has 10 heteroatoms. The minimum atomic E-state index is -3.60. The van der Waals surface area contributed by atoms with E-state index in [9.17, 15) is 13.2 Å². The maximum atomic E-state index is 12.6. The van der Waals surface area contributed by atoms with Gasteiger partial charge in [0, 0.05) is 12.1 Å². The summed E-state index contributed by atoms with van der Waals surface area (Å²) in [7, 11) is -2.13. The Labute approximate surface area is 189 Å². The van der Waals surface area contributed by atoms with Crippen molar-refractivity contribution in [3.05, 3.63) is 71.1 Å². The molecule has 0 saturated heterocycles. The molecule has 0 aliphatic carbocycles. The number of sulfonamides is 1. The van der Waals surface area contributed by atoms with Crippen LogP contribution in [0.4, 0.5) is 5.69 Å². The van der Waals surface area contributed by atoms with Crippen LogP contribution in [0.5, 0.6) is 11.5 Å². The van der Waals surface area contributed by atoms with Gasteiger partial charge in [-0.05, 0) is 53.9 Å². The molecule has 164 valence electrons. The van der Waals surface area contributed by atoms with Crippen LogP contribution in [0.1, 0.15) is 0 Å². The second kappa shape index (κ2) is 10.5. The molecule has 0 fully saturated rings. The first-order valence-corrected chi connectivity index (χ1v) is 11.9. The number of anilines is 1. The first-order chi connectivity index (χ1) is 14.9. The summed E-state index contributed by atoms with van der Waals surface area (Å²) in [6, 6.07) is 16.5. The molecule has 0 saturated carbocycles. The van der Waals surface area contributed by atoms with E-state index in [0.717, 1.165) is 11.3 Å². The van der Waals surface area contributed by atoms with E-state index in [1.807, 2.05) is 0 Å². The number of carbonyl (C=O) groups is 1. The third kappa shape index (κ3) is 6.36. The van der Waals surface area contributed by atoms with Gasteiger partial charge >= 0.3 is 5.97 Å². The van der Waals surface area contributed by atoms with Crippen molar-refractivity contribution in [2.24, 2.45) is 0 Å². The molecule has 0 bridgehead atoms. The van der Waals surface area contributed by atoms with Crippen molar-refractivity contribution in [3.63, 3.8) is 0 Å². The number of nitrogens with zero attached hydrogens (tertiary/aromatic N) is 1. The third-order valence-electron chi connectivity index (χ3n) is 4.08. The van der Waals surface area contributed by atoms with Gasteiger partial charge < -0.3 is 14.2 Å². The van der Waals surface area contributed by atoms with Crippen LogP contribution in [0.3, 0.4) is 0 Å². The molecular formula is C21H20ClNO6S2. The number of halogens is 1. The minimum absolute atomic E-state index is 0.0685.